The Bertz CT molecular complexity index is 475. The molecule has 2 heterocycles. The summed E-state index contributed by atoms with van der Waals surface area (Å²) in [6.45, 7) is 0. The first-order valence-corrected chi connectivity index (χ1v) is 5.63. The largest absolute Gasteiger partial charge is 0.286 e. The van der Waals surface area contributed by atoms with E-state index >= 15 is 0 Å². The van der Waals surface area contributed by atoms with Crippen molar-refractivity contribution in [2.45, 2.75) is 0 Å². The molecule has 3 nitrogen and oxygen atoms in total. The Morgan fingerprint density at radius 1 is 1.57 bits per heavy atom. The first kappa shape index (κ1) is 9.61. The molecule has 0 bridgehead atoms. The van der Waals surface area contributed by atoms with Gasteiger partial charge in [0.05, 0.1) is 4.88 Å². The molecular formula is C9H7BrN2OS. The second-order valence-corrected chi connectivity index (χ2v) is 4.57. The van der Waals surface area contributed by atoms with Crippen LogP contribution in [-0.2, 0) is 7.05 Å². The summed E-state index contributed by atoms with van der Waals surface area (Å²) in [7, 11) is 1.79. The monoisotopic (exact) mass is 270 g/mol. The number of ketones is 1. The number of aryl methyl sites for hydroxylation is 1. The molecule has 2 rings (SSSR count). The standard InChI is InChI=1S/C9H7BrN2OS/c1-12-4-2-7(11-12)8(13)9-6(10)3-5-14-9/h2-5H,1H3. The summed E-state index contributed by atoms with van der Waals surface area (Å²) >= 11 is 4.74. The van der Waals surface area contributed by atoms with Gasteiger partial charge in [-0.2, -0.15) is 5.10 Å². The Kier molecular flexibility index (Phi) is 2.52. The lowest BCUT2D eigenvalue weighted by Gasteiger charge is -1.93. The van der Waals surface area contributed by atoms with Crippen LogP contribution in [0.3, 0.4) is 0 Å². The highest BCUT2D eigenvalue weighted by molar-refractivity contribution is 9.10. The number of aromatic nitrogens is 2. The maximum absolute atomic E-state index is 11.8. The summed E-state index contributed by atoms with van der Waals surface area (Å²) in [5.41, 5.74) is 0.482. The van der Waals surface area contributed by atoms with Crippen LogP contribution in [0.25, 0.3) is 0 Å². The highest BCUT2D eigenvalue weighted by Crippen LogP contribution is 2.24. The third-order valence-corrected chi connectivity index (χ3v) is 3.61. The minimum Gasteiger partial charge on any atom is -0.286 e. The summed E-state index contributed by atoms with van der Waals surface area (Å²) in [6.07, 6.45) is 1.76. The van der Waals surface area contributed by atoms with Gasteiger partial charge in [-0.05, 0) is 33.4 Å². The van der Waals surface area contributed by atoms with Crippen LogP contribution in [0.2, 0.25) is 0 Å². The van der Waals surface area contributed by atoms with Crippen LogP contribution in [0.1, 0.15) is 15.4 Å². The van der Waals surface area contributed by atoms with Gasteiger partial charge in [-0.3, -0.25) is 9.48 Å². The number of halogens is 1. The number of carbonyl (C=O) groups excluding carboxylic acids is 1. The van der Waals surface area contributed by atoms with Crippen LogP contribution in [0, 0.1) is 0 Å². The molecule has 0 aliphatic carbocycles. The zero-order valence-corrected chi connectivity index (χ0v) is 9.80. The molecule has 0 fully saturated rings. The average Bonchev–Trinajstić information content (AvgIpc) is 2.73. The Hall–Kier alpha value is -0.940. The SMILES string of the molecule is Cn1ccc(C(=O)c2sccc2Br)n1. The van der Waals surface area contributed by atoms with Crippen molar-refractivity contribution >= 4 is 33.0 Å². The lowest BCUT2D eigenvalue weighted by atomic mass is 10.2. The molecule has 0 N–H and O–H groups in total. The maximum atomic E-state index is 11.8. The Morgan fingerprint density at radius 2 is 2.36 bits per heavy atom. The summed E-state index contributed by atoms with van der Waals surface area (Å²) < 4.78 is 2.45. The van der Waals surface area contributed by atoms with Crippen LogP contribution in [0.5, 0.6) is 0 Å². The fourth-order valence-corrected chi connectivity index (χ4v) is 2.61. The Labute approximate surface area is 93.5 Å². The summed E-state index contributed by atoms with van der Waals surface area (Å²) in [6, 6.07) is 3.58. The zero-order valence-electron chi connectivity index (χ0n) is 7.40. The van der Waals surface area contributed by atoms with Gasteiger partial charge in [-0.25, -0.2) is 0 Å². The molecule has 5 heteroatoms. The molecule has 0 saturated heterocycles. The fraction of sp³-hybridized carbons (Fsp3) is 0.111. The molecular weight excluding hydrogens is 264 g/mol. The number of hydrogen-bond donors (Lipinski definition) is 0. The van der Waals surface area contributed by atoms with E-state index in [1.165, 1.54) is 11.3 Å². The molecule has 72 valence electrons. The van der Waals surface area contributed by atoms with E-state index in [9.17, 15) is 4.79 Å². The van der Waals surface area contributed by atoms with Gasteiger partial charge in [0.15, 0.2) is 0 Å². The number of thiophene rings is 1. The Balaban J connectivity index is 2.38. The van der Waals surface area contributed by atoms with Crippen molar-refractivity contribution in [3.8, 4) is 0 Å². The smallest absolute Gasteiger partial charge is 0.224 e. The molecule has 0 unspecified atom stereocenters. The summed E-state index contributed by atoms with van der Waals surface area (Å²) in [4.78, 5) is 12.5. The van der Waals surface area contributed by atoms with E-state index in [0.29, 0.717) is 10.6 Å². The van der Waals surface area contributed by atoms with Crippen molar-refractivity contribution in [2.75, 3.05) is 0 Å². The quantitative estimate of drug-likeness (QED) is 0.786. The first-order valence-electron chi connectivity index (χ1n) is 3.96. The molecule has 2 aromatic heterocycles. The van der Waals surface area contributed by atoms with E-state index in [1.54, 1.807) is 24.0 Å². The lowest BCUT2D eigenvalue weighted by molar-refractivity contribution is 0.103. The fourth-order valence-electron chi connectivity index (χ4n) is 1.11. The van der Waals surface area contributed by atoms with E-state index in [4.69, 9.17) is 0 Å². The van der Waals surface area contributed by atoms with Crippen LogP contribution in [0.4, 0.5) is 0 Å². The Morgan fingerprint density at radius 3 is 2.86 bits per heavy atom. The second kappa shape index (κ2) is 3.67. The van der Waals surface area contributed by atoms with Crippen LogP contribution in [0.15, 0.2) is 28.2 Å². The molecule has 0 saturated carbocycles. The number of carbonyl (C=O) groups is 1. The van der Waals surface area contributed by atoms with Crippen molar-refractivity contribution in [1.29, 1.82) is 0 Å². The van der Waals surface area contributed by atoms with Gasteiger partial charge in [-0.1, -0.05) is 0 Å². The maximum Gasteiger partial charge on any atom is 0.224 e. The van der Waals surface area contributed by atoms with Gasteiger partial charge < -0.3 is 0 Å². The van der Waals surface area contributed by atoms with Gasteiger partial charge in [0.2, 0.25) is 5.78 Å². The van der Waals surface area contributed by atoms with Crippen molar-refractivity contribution < 1.29 is 4.79 Å². The van der Waals surface area contributed by atoms with Crippen molar-refractivity contribution in [2.24, 2.45) is 7.05 Å². The molecule has 14 heavy (non-hydrogen) atoms. The van der Waals surface area contributed by atoms with E-state index in [1.807, 2.05) is 11.4 Å². The van der Waals surface area contributed by atoms with Gasteiger partial charge in [0, 0.05) is 17.7 Å². The van der Waals surface area contributed by atoms with E-state index in [0.717, 1.165) is 4.47 Å². The van der Waals surface area contributed by atoms with E-state index < -0.39 is 0 Å². The van der Waals surface area contributed by atoms with Crippen LogP contribution in [-0.4, -0.2) is 15.6 Å². The molecule has 0 aliphatic rings. The second-order valence-electron chi connectivity index (χ2n) is 2.80. The van der Waals surface area contributed by atoms with Gasteiger partial charge >= 0.3 is 0 Å². The molecule has 0 spiro atoms. The van der Waals surface area contributed by atoms with Crippen LogP contribution < -0.4 is 0 Å². The van der Waals surface area contributed by atoms with Crippen molar-refractivity contribution in [1.82, 2.24) is 9.78 Å². The minimum atomic E-state index is -0.0347. The average molecular weight is 271 g/mol. The van der Waals surface area contributed by atoms with Gasteiger partial charge in [0.1, 0.15) is 5.69 Å². The van der Waals surface area contributed by atoms with Crippen LogP contribution >= 0.6 is 27.3 Å². The molecule has 2 aromatic rings. The normalized spacial score (nSPS) is 10.4. The lowest BCUT2D eigenvalue weighted by Crippen LogP contribution is -2.01. The number of nitrogens with zero attached hydrogens (tertiary/aromatic N) is 2. The van der Waals surface area contributed by atoms with Gasteiger partial charge in [-0.15, -0.1) is 11.3 Å². The zero-order chi connectivity index (χ0) is 10.1. The van der Waals surface area contributed by atoms with E-state index in [-0.39, 0.29) is 5.78 Å². The molecule has 0 aliphatic heterocycles. The predicted octanol–water partition coefficient (Wildman–Crippen LogP) is 2.48. The highest BCUT2D eigenvalue weighted by Gasteiger charge is 2.15. The molecule has 0 atom stereocenters. The number of rotatable bonds is 2. The van der Waals surface area contributed by atoms with Crippen molar-refractivity contribution in [3.05, 3.63) is 38.8 Å². The third-order valence-electron chi connectivity index (χ3n) is 1.77. The minimum absolute atomic E-state index is 0.0347. The summed E-state index contributed by atoms with van der Waals surface area (Å²) in [5.74, 6) is -0.0347. The first-order chi connectivity index (χ1) is 6.68. The molecule has 0 radical (unpaired) electrons. The number of hydrogen-bond acceptors (Lipinski definition) is 3. The van der Waals surface area contributed by atoms with Crippen molar-refractivity contribution in [3.63, 3.8) is 0 Å². The predicted molar refractivity (Wildman–Crippen MR) is 58.7 cm³/mol. The summed E-state index contributed by atoms with van der Waals surface area (Å²) in [5, 5.41) is 5.94. The van der Waals surface area contributed by atoms with E-state index in [2.05, 4.69) is 21.0 Å². The van der Waals surface area contributed by atoms with Gasteiger partial charge in [0.25, 0.3) is 0 Å². The molecule has 0 amide bonds. The molecule has 0 aromatic carbocycles. The highest BCUT2D eigenvalue weighted by atomic mass is 79.9. The third kappa shape index (κ3) is 1.65. The topological polar surface area (TPSA) is 34.9 Å².